The number of aliphatic hydroxyl groups is 5. The third-order valence-electron chi connectivity index (χ3n) is 13.4. The Hall–Kier alpha value is -1.76. The van der Waals surface area contributed by atoms with Crippen molar-refractivity contribution in [2.24, 2.45) is 34.5 Å². The van der Waals surface area contributed by atoms with Gasteiger partial charge in [-0.15, -0.1) is 0 Å². The van der Waals surface area contributed by atoms with Crippen molar-refractivity contribution in [2.75, 3.05) is 20.8 Å². The van der Waals surface area contributed by atoms with E-state index < -0.39 is 103 Å². The Balaban J connectivity index is 1.06. The van der Waals surface area contributed by atoms with Gasteiger partial charge in [0.05, 0.1) is 36.3 Å². The molecule has 0 radical (unpaired) electrons. The molecule has 5 N–H and O–H groups in total. The second-order valence-electron chi connectivity index (χ2n) is 15.8. The van der Waals surface area contributed by atoms with Gasteiger partial charge in [0.25, 0.3) is 0 Å². The number of esters is 2. The first-order valence-electron chi connectivity index (χ1n) is 17.8. The molecule has 15 nitrogen and oxygen atoms in total. The van der Waals surface area contributed by atoms with E-state index in [1.807, 2.05) is 26.8 Å². The maximum Gasteiger partial charge on any atom is 0.313 e. The van der Waals surface area contributed by atoms with Crippen LogP contribution in [-0.4, -0.2) is 138 Å². The van der Waals surface area contributed by atoms with Crippen LogP contribution in [0, 0.1) is 34.5 Å². The molecule has 0 spiro atoms. The summed E-state index contributed by atoms with van der Waals surface area (Å²) >= 11 is 0. The highest BCUT2D eigenvalue weighted by molar-refractivity contribution is 5.83. The fourth-order valence-corrected chi connectivity index (χ4v) is 10.8. The van der Waals surface area contributed by atoms with Gasteiger partial charge < -0.3 is 63.4 Å². The highest BCUT2D eigenvalue weighted by Crippen LogP contribution is 2.69. The Morgan fingerprint density at radius 2 is 1.70 bits per heavy atom. The highest BCUT2D eigenvalue weighted by atomic mass is 16.7. The molecule has 0 bridgehead atoms. The molecule has 4 saturated heterocycles. The lowest BCUT2D eigenvalue weighted by Gasteiger charge is -2.57. The van der Waals surface area contributed by atoms with Gasteiger partial charge in [-0.1, -0.05) is 13.0 Å². The van der Waals surface area contributed by atoms with Crippen LogP contribution in [0.2, 0.25) is 0 Å². The normalized spacial score (nSPS) is 54.5. The van der Waals surface area contributed by atoms with Gasteiger partial charge in [0, 0.05) is 44.3 Å². The van der Waals surface area contributed by atoms with Crippen LogP contribution >= 0.6 is 0 Å². The Labute approximate surface area is 291 Å². The zero-order valence-corrected chi connectivity index (χ0v) is 29.4. The number of hydrogen-bond donors (Lipinski definition) is 5. The van der Waals surface area contributed by atoms with Crippen LogP contribution in [0.15, 0.2) is 11.6 Å². The third kappa shape index (κ3) is 5.25. The lowest BCUT2D eigenvalue weighted by molar-refractivity contribution is -0.346. The largest absolute Gasteiger partial charge is 0.462 e. The van der Waals surface area contributed by atoms with E-state index in [9.17, 15) is 35.1 Å². The summed E-state index contributed by atoms with van der Waals surface area (Å²) in [6.07, 6.45) is -8.02. The number of aliphatic hydroxyl groups excluding tert-OH is 5. The van der Waals surface area contributed by atoms with Gasteiger partial charge in [-0.25, -0.2) is 0 Å². The quantitative estimate of drug-likeness (QED) is 0.173. The summed E-state index contributed by atoms with van der Waals surface area (Å²) < 4.78 is 47.8. The fraction of sp³-hybridized carbons (Fsp3) is 0.886. The Bertz CT molecular complexity index is 1360. The summed E-state index contributed by atoms with van der Waals surface area (Å²) in [5, 5.41) is 52.2. The van der Waals surface area contributed by atoms with Crippen molar-refractivity contribution in [3.63, 3.8) is 0 Å². The molecular weight excluding hydrogens is 660 g/mol. The summed E-state index contributed by atoms with van der Waals surface area (Å²) in [5.41, 5.74) is -0.923. The van der Waals surface area contributed by atoms with Gasteiger partial charge in [-0.3, -0.25) is 9.59 Å². The lowest BCUT2D eigenvalue weighted by atomic mass is 9.50. The molecule has 7 aliphatic rings. The summed E-state index contributed by atoms with van der Waals surface area (Å²) in [6.45, 7) is 6.93. The average Bonchev–Trinajstić information content (AvgIpc) is 3.47. The number of fused-ring (bicyclic) bond motifs is 7. The number of carbonyl (C=O) groups is 2. The summed E-state index contributed by atoms with van der Waals surface area (Å²) in [7, 11) is 3.03. The van der Waals surface area contributed by atoms with Gasteiger partial charge in [-0.05, 0) is 51.5 Å². The van der Waals surface area contributed by atoms with Crippen LogP contribution in [0.3, 0.4) is 0 Å². The number of carbonyl (C=O) groups excluding carboxylic acids is 2. The molecule has 4 heterocycles. The topological polar surface area (TPSA) is 209 Å². The molecule has 50 heavy (non-hydrogen) atoms. The van der Waals surface area contributed by atoms with Crippen molar-refractivity contribution in [1.29, 1.82) is 0 Å². The standard InChI is InChI=1S/C35H52O15/c1-14-18-12-35(44-6)29(34(18,4)32(42)46-14)16-7-8-17-24(37)19(9-10-33(17,3)23(16)30(41)50-35)47-22-11-20(43-5)28(15(2)45-22)49-31-27(40)26(39)25(38)21(13-36)48-31/h8,14-16,18-29,31,36-40H,7,9-13H2,1-6H3/t14-,15+,16+,18-,19-,20+,21+,22-,23+,24+,25+,26-,27+,28-,29+,31-,33-,34+,35-/m0/s1. The fourth-order valence-electron chi connectivity index (χ4n) is 10.8. The van der Waals surface area contributed by atoms with Gasteiger partial charge in [0.2, 0.25) is 5.79 Å². The van der Waals surface area contributed by atoms with Crippen molar-refractivity contribution in [1.82, 2.24) is 0 Å². The van der Waals surface area contributed by atoms with E-state index in [2.05, 4.69) is 0 Å². The Morgan fingerprint density at radius 1 is 0.960 bits per heavy atom. The zero-order chi connectivity index (χ0) is 36.1. The van der Waals surface area contributed by atoms with E-state index in [1.165, 1.54) is 14.2 Å². The van der Waals surface area contributed by atoms with Crippen LogP contribution < -0.4 is 0 Å². The summed E-state index contributed by atoms with van der Waals surface area (Å²) in [4.78, 5) is 27.4. The molecule has 6 fully saturated rings. The van der Waals surface area contributed by atoms with Crippen LogP contribution in [0.1, 0.15) is 59.8 Å². The second kappa shape index (κ2) is 13.0. The Morgan fingerprint density at radius 3 is 2.38 bits per heavy atom. The molecule has 4 aliphatic heterocycles. The summed E-state index contributed by atoms with van der Waals surface area (Å²) in [6, 6.07) is 0. The molecule has 0 unspecified atom stereocenters. The molecule has 0 amide bonds. The maximum atomic E-state index is 14.0. The van der Waals surface area contributed by atoms with E-state index in [0.717, 1.165) is 0 Å². The van der Waals surface area contributed by atoms with Crippen molar-refractivity contribution in [3.8, 4) is 0 Å². The smallest absolute Gasteiger partial charge is 0.313 e. The number of hydrogen-bond acceptors (Lipinski definition) is 15. The molecule has 2 saturated carbocycles. The van der Waals surface area contributed by atoms with Crippen molar-refractivity contribution in [3.05, 3.63) is 11.6 Å². The van der Waals surface area contributed by atoms with Crippen molar-refractivity contribution < 1.29 is 73.0 Å². The molecule has 0 aromatic rings. The van der Waals surface area contributed by atoms with Crippen molar-refractivity contribution >= 4 is 11.9 Å². The molecule has 0 aromatic carbocycles. The number of rotatable bonds is 7. The van der Waals surface area contributed by atoms with Gasteiger partial charge in [0.1, 0.15) is 42.7 Å². The van der Waals surface area contributed by atoms with Crippen LogP contribution in [0.5, 0.6) is 0 Å². The van der Waals surface area contributed by atoms with E-state index in [4.69, 9.17) is 37.9 Å². The van der Waals surface area contributed by atoms with Gasteiger partial charge in [-0.2, -0.15) is 0 Å². The predicted molar refractivity (Wildman–Crippen MR) is 167 cm³/mol. The molecule has 15 heteroatoms. The van der Waals surface area contributed by atoms with Crippen LogP contribution in [-0.2, 0) is 47.5 Å². The summed E-state index contributed by atoms with van der Waals surface area (Å²) in [5.74, 6) is -3.31. The monoisotopic (exact) mass is 712 g/mol. The molecule has 3 aliphatic carbocycles. The molecule has 7 rings (SSSR count). The van der Waals surface area contributed by atoms with E-state index in [0.29, 0.717) is 31.3 Å². The first-order chi connectivity index (χ1) is 23.6. The number of allylic oxidation sites excluding steroid dienone is 1. The molecule has 0 aromatic heterocycles. The minimum Gasteiger partial charge on any atom is -0.462 e. The minimum atomic E-state index is -1.59. The zero-order valence-electron chi connectivity index (χ0n) is 29.4. The third-order valence-corrected chi connectivity index (χ3v) is 13.4. The first-order valence-corrected chi connectivity index (χ1v) is 17.8. The second-order valence-corrected chi connectivity index (χ2v) is 15.8. The molecular formula is C35H52O15. The highest BCUT2D eigenvalue weighted by Gasteiger charge is 2.77. The van der Waals surface area contributed by atoms with E-state index in [1.54, 1.807) is 6.92 Å². The van der Waals surface area contributed by atoms with Crippen molar-refractivity contribution in [2.45, 2.75) is 139 Å². The van der Waals surface area contributed by atoms with Gasteiger partial charge in [0.15, 0.2) is 12.6 Å². The maximum absolute atomic E-state index is 14.0. The minimum absolute atomic E-state index is 0.157. The first kappa shape index (κ1) is 36.6. The van der Waals surface area contributed by atoms with E-state index in [-0.39, 0.29) is 36.3 Å². The number of ether oxygens (including phenoxy) is 8. The molecule has 19 atom stereocenters. The van der Waals surface area contributed by atoms with Crippen LogP contribution in [0.25, 0.3) is 0 Å². The number of methoxy groups -OCH3 is 2. The van der Waals surface area contributed by atoms with E-state index >= 15 is 0 Å². The van der Waals surface area contributed by atoms with Crippen LogP contribution in [0.4, 0.5) is 0 Å². The lowest BCUT2D eigenvalue weighted by Crippen LogP contribution is -2.63. The predicted octanol–water partition coefficient (Wildman–Crippen LogP) is -0.0827. The SMILES string of the molecule is CO[C@@H]1C[C@H](O[C@H]2CC[C@@]3(C)C(=CC[C@H]4[C@H]5[C@](OC)(C[C@H]6[C@H](C)OC(=O)[C@]65C)OC(=O)[C@@H]43)[C@H]2O)O[C@H](C)[C@@H]1O[C@@H]1O[C@H](CO)[C@@H](O)[C@H](O)[C@H]1O. The Kier molecular flexibility index (Phi) is 9.49. The average molecular weight is 713 g/mol. The van der Waals surface area contributed by atoms with Gasteiger partial charge >= 0.3 is 11.9 Å². The number of cyclic esters (lactones) is 1. The molecule has 282 valence electrons.